The maximum absolute atomic E-state index is 12.5. The molecular formula is C21H22N4O. The third-order valence-corrected chi connectivity index (χ3v) is 3.98. The van der Waals surface area contributed by atoms with Gasteiger partial charge in [-0.2, -0.15) is 0 Å². The van der Waals surface area contributed by atoms with Crippen LogP contribution in [-0.2, 0) is 6.42 Å². The van der Waals surface area contributed by atoms with Crippen LogP contribution in [0.3, 0.4) is 0 Å². The van der Waals surface area contributed by atoms with E-state index in [4.69, 9.17) is 0 Å². The van der Waals surface area contributed by atoms with E-state index in [2.05, 4.69) is 39.7 Å². The van der Waals surface area contributed by atoms with Gasteiger partial charge in [0, 0.05) is 17.4 Å². The Morgan fingerprint density at radius 2 is 1.73 bits per heavy atom. The van der Waals surface area contributed by atoms with Gasteiger partial charge in [0.05, 0.1) is 0 Å². The van der Waals surface area contributed by atoms with Gasteiger partial charge in [0.1, 0.15) is 17.3 Å². The van der Waals surface area contributed by atoms with Crippen molar-refractivity contribution in [3.63, 3.8) is 0 Å². The Kier molecular flexibility index (Phi) is 5.27. The van der Waals surface area contributed by atoms with Crippen molar-refractivity contribution in [1.82, 2.24) is 9.97 Å². The Morgan fingerprint density at radius 1 is 0.962 bits per heavy atom. The number of hydrogen-bond acceptors (Lipinski definition) is 4. The standard InChI is InChI=1S/C21H22N4O/c1-4-16-8-10-17(11-9-16)24-20-13-19(22-15(3)23-20)21(26)25-18-7-5-6-14(2)12-18/h5-13H,4H2,1-3H3,(H,25,26)(H,22,23,24). The van der Waals surface area contributed by atoms with Crippen LogP contribution >= 0.6 is 0 Å². The molecule has 0 aliphatic carbocycles. The number of carbonyl (C=O) groups excluding carboxylic acids is 1. The molecule has 2 N–H and O–H groups in total. The SMILES string of the molecule is CCc1ccc(Nc2cc(C(=O)Nc3cccc(C)c3)nc(C)n2)cc1. The summed E-state index contributed by atoms with van der Waals surface area (Å²) < 4.78 is 0. The van der Waals surface area contributed by atoms with E-state index in [-0.39, 0.29) is 5.91 Å². The highest BCUT2D eigenvalue weighted by atomic mass is 16.1. The number of aromatic nitrogens is 2. The highest BCUT2D eigenvalue weighted by Crippen LogP contribution is 2.18. The van der Waals surface area contributed by atoms with Crippen molar-refractivity contribution in [3.05, 3.63) is 77.2 Å². The van der Waals surface area contributed by atoms with Gasteiger partial charge >= 0.3 is 0 Å². The van der Waals surface area contributed by atoms with Crippen LogP contribution in [0.1, 0.15) is 34.4 Å². The normalized spacial score (nSPS) is 10.4. The van der Waals surface area contributed by atoms with Gasteiger partial charge in [0.15, 0.2) is 0 Å². The first-order valence-electron chi connectivity index (χ1n) is 8.63. The molecule has 0 aliphatic rings. The fraction of sp³-hybridized carbons (Fsp3) is 0.190. The molecule has 1 heterocycles. The van der Waals surface area contributed by atoms with Gasteiger partial charge < -0.3 is 10.6 Å². The molecule has 26 heavy (non-hydrogen) atoms. The molecule has 5 heteroatoms. The van der Waals surface area contributed by atoms with Gasteiger partial charge in [-0.15, -0.1) is 0 Å². The number of rotatable bonds is 5. The third-order valence-electron chi connectivity index (χ3n) is 3.98. The summed E-state index contributed by atoms with van der Waals surface area (Å²) in [5.74, 6) is 0.871. The van der Waals surface area contributed by atoms with Gasteiger partial charge in [0.2, 0.25) is 0 Å². The molecule has 0 saturated carbocycles. The minimum Gasteiger partial charge on any atom is -0.340 e. The fourth-order valence-electron chi connectivity index (χ4n) is 2.64. The molecule has 0 fully saturated rings. The number of carbonyl (C=O) groups is 1. The lowest BCUT2D eigenvalue weighted by atomic mass is 10.1. The Labute approximate surface area is 153 Å². The van der Waals surface area contributed by atoms with Crippen LogP contribution in [0.2, 0.25) is 0 Å². The first-order chi connectivity index (χ1) is 12.5. The molecule has 0 saturated heterocycles. The predicted molar refractivity (Wildman–Crippen MR) is 105 cm³/mol. The number of amides is 1. The molecule has 1 aromatic heterocycles. The average molecular weight is 346 g/mol. The lowest BCUT2D eigenvalue weighted by molar-refractivity contribution is 0.102. The summed E-state index contributed by atoms with van der Waals surface area (Å²) in [6.45, 7) is 5.88. The number of nitrogens with one attached hydrogen (secondary N) is 2. The van der Waals surface area contributed by atoms with Crippen molar-refractivity contribution < 1.29 is 4.79 Å². The Hall–Kier alpha value is -3.21. The predicted octanol–water partition coefficient (Wildman–Crippen LogP) is 4.65. The van der Waals surface area contributed by atoms with E-state index in [1.165, 1.54) is 5.56 Å². The van der Waals surface area contributed by atoms with Crippen LogP contribution in [0.4, 0.5) is 17.2 Å². The van der Waals surface area contributed by atoms with E-state index in [0.29, 0.717) is 17.3 Å². The second-order valence-corrected chi connectivity index (χ2v) is 6.18. The van der Waals surface area contributed by atoms with Gasteiger partial charge in [-0.3, -0.25) is 4.79 Å². The molecule has 5 nitrogen and oxygen atoms in total. The maximum Gasteiger partial charge on any atom is 0.274 e. The van der Waals surface area contributed by atoms with E-state index in [9.17, 15) is 4.79 Å². The van der Waals surface area contributed by atoms with Gasteiger partial charge in [0.25, 0.3) is 5.91 Å². The summed E-state index contributed by atoms with van der Waals surface area (Å²) in [5, 5.41) is 6.11. The molecule has 0 bridgehead atoms. The Morgan fingerprint density at radius 3 is 2.42 bits per heavy atom. The number of benzene rings is 2. The average Bonchev–Trinajstić information content (AvgIpc) is 2.62. The molecule has 0 spiro atoms. The molecule has 0 atom stereocenters. The van der Waals surface area contributed by atoms with Crippen molar-refractivity contribution in [1.29, 1.82) is 0 Å². The summed E-state index contributed by atoms with van der Waals surface area (Å²) in [5.41, 5.74) is 4.35. The van der Waals surface area contributed by atoms with E-state index in [1.807, 2.05) is 43.3 Å². The number of hydrogen-bond donors (Lipinski definition) is 2. The van der Waals surface area contributed by atoms with Crippen LogP contribution in [0.25, 0.3) is 0 Å². The van der Waals surface area contributed by atoms with Gasteiger partial charge in [-0.25, -0.2) is 9.97 Å². The smallest absolute Gasteiger partial charge is 0.274 e. The quantitative estimate of drug-likeness (QED) is 0.705. The largest absolute Gasteiger partial charge is 0.340 e. The zero-order chi connectivity index (χ0) is 18.5. The van der Waals surface area contributed by atoms with Gasteiger partial charge in [-0.1, -0.05) is 31.2 Å². The van der Waals surface area contributed by atoms with Crippen LogP contribution in [0, 0.1) is 13.8 Å². The molecule has 132 valence electrons. The van der Waals surface area contributed by atoms with Crippen molar-refractivity contribution in [3.8, 4) is 0 Å². The lowest BCUT2D eigenvalue weighted by Crippen LogP contribution is -2.15. The summed E-state index contributed by atoms with van der Waals surface area (Å²) in [6, 6.07) is 17.5. The lowest BCUT2D eigenvalue weighted by Gasteiger charge is -2.10. The first kappa shape index (κ1) is 17.6. The highest BCUT2D eigenvalue weighted by molar-refractivity contribution is 6.03. The summed E-state index contributed by atoms with van der Waals surface area (Å²) in [4.78, 5) is 21.2. The summed E-state index contributed by atoms with van der Waals surface area (Å²) in [7, 11) is 0. The van der Waals surface area contributed by atoms with Crippen LogP contribution in [-0.4, -0.2) is 15.9 Å². The summed E-state index contributed by atoms with van der Waals surface area (Å²) >= 11 is 0. The first-order valence-corrected chi connectivity index (χ1v) is 8.63. The molecular weight excluding hydrogens is 324 g/mol. The summed E-state index contributed by atoms with van der Waals surface area (Å²) in [6.07, 6.45) is 0.996. The molecule has 0 aliphatic heterocycles. The minimum absolute atomic E-state index is 0.259. The van der Waals surface area contributed by atoms with E-state index in [0.717, 1.165) is 23.4 Å². The molecule has 3 aromatic rings. The van der Waals surface area contributed by atoms with Crippen molar-refractivity contribution in [2.75, 3.05) is 10.6 Å². The molecule has 0 unspecified atom stereocenters. The van der Waals surface area contributed by atoms with E-state index < -0.39 is 0 Å². The fourth-order valence-corrected chi connectivity index (χ4v) is 2.64. The molecule has 2 aromatic carbocycles. The topological polar surface area (TPSA) is 66.9 Å². The van der Waals surface area contributed by atoms with Crippen LogP contribution < -0.4 is 10.6 Å². The zero-order valence-corrected chi connectivity index (χ0v) is 15.2. The maximum atomic E-state index is 12.5. The van der Waals surface area contributed by atoms with E-state index >= 15 is 0 Å². The monoisotopic (exact) mass is 346 g/mol. The molecule has 3 rings (SSSR count). The van der Waals surface area contributed by atoms with Crippen LogP contribution in [0.15, 0.2) is 54.6 Å². The molecule has 1 amide bonds. The Bertz CT molecular complexity index is 920. The van der Waals surface area contributed by atoms with Crippen molar-refractivity contribution >= 4 is 23.1 Å². The number of aryl methyl sites for hydroxylation is 3. The van der Waals surface area contributed by atoms with Crippen LogP contribution in [0.5, 0.6) is 0 Å². The number of anilines is 3. The van der Waals surface area contributed by atoms with Crippen molar-refractivity contribution in [2.24, 2.45) is 0 Å². The highest BCUT2D eigenvalue weighted by Gasteiger charge is 2.11. The number of nitrogens with zero attached hydrogens (tertiary/aromatic N) is 2. The second-order valence-electron chi connectivity index (χ2n) is 6.18. The molecule has 0 radical (unpaired) electrons. The van der Waals surface area contributed by atoms with E-state index in [1.54, 1.807) is 13.0 Å². The Balaban J connectivity index is 1.79. The zero-order valence-electron chi connectivity index (χ0n) is 15.2. The second kappa shape index (κ2) is 7.78. The van der Waals surface area contributed by atoms with Crippen molar-refractivity contribution in [2.45, 2.75) is 27.2 Å². The third kappa shape index (κ3) is 4.45. The van der Waals surface area contributed by atoms with Gasteiger partial charge in [-0.05, 0) is 55.7 Å². The minimum atomic E-state index is -0.259.